The summed E-state index contributed by atoms with van der Waals surface area (Å²) in [4.78, 5) is 27.3. The number of likely N-dealkylation sites (N-methyl/N-ethyl adjacent to an activating group) is 1. The third-order valence-electron chi connectivity index (χ3n) is 5.11. The quantitative estimate of drug-likeness (QED) is 0.518. The molecule has 2 amide bonds. The summed E-state index contributed by atoms with van der Waals surface area (Å²) in [5.41, 5.74) is 2.27. The van der Waals surface area contributed by atoms with Gasteiger partial charge in [-0.3, -0.25) is 13.9 Å². The summed E-state index contributed by atoms with van der Waals surface area (Å²) in [6, 6.07) is 14.0. The Morgan fingerprint density at radius 1 is 1.12 bits per heavy atom. The van der Waals surface area contributed by atoms with Crippen LogP contribution < -0.4 is 9.62 Å². The fourth-order valence-corrected chi connectivity index (χ4v) is 4.38. The Bertz CT molecular complexity index is 1040. The fourth-order valence-electron chi connectivity index (χ4n) is 3.29. The lowest BCUT2D eigenvalue weighted by molar-refractivity contribution is -0.138. The number of halogens is 1. The molecule has 7 nitrogen and oxygen atoms in total. The molecular formula is C23H30BrN3O4S. The summed E-state index contributed by atoms with van der Waals surface area (Å²) < 4.78 is 27.0. The molecule has 174 valence electrons. The monoisotopic (exact) mass is 523 g/mol. The predicted octanol–water partition coefficient (Wildman–Crippen LogP) is 3.12. The number of rotatable bonds is 10. The Morgan fingerprint density at radius 2 is 1.78 bits per heavy atom. The minimum atomic E-state index is -3.73. The molecule has 0 saturated carbocycles. The van der Waals surface area contributed by atoms with Crippen molar-refractivity contribution in [3.05, 3.63) is 64.1 Å². The van der Waals surface area contributed by atoms with Crippen molar-refractivity contribution in [1.82, 2.24) is 10.2 Å². The van der Waals surface area contributed by atoms with Crippen molar-refractivity contribution < 1.29 is 18.0 Å². The van der Waals surface area contributed by atoms with Crippen LogP contribution in [0.15, 0.2) is 53.0 Å². The summed E-state index contributed by atoms with van der Waals surface area (Å²) in [7, 11) is -3.73. The van der Waals surface area contributed by atoms with Crippen LogP contribution in [0.1, 0.15) is 25.0 Å². The second kappa shape index (κ2) is 11.5. The molecule has 0 aliphatic carbocycles. The zero-order valence-electron chi connectivity index (χ0n) is 18.8. The molecule has 0 radical (unpaired) electrons. The highest BCUT2D eigenvalue weighted by molar-refractivity contribution is 9.10. The van der Waals surface area contributed by atoms with Gasteiger partial charge in [-0.15, -0.1) is 0 Å². The highest BCUT2D eigenvalue weighted by atomic mass is 79.9. The van der Waals surface area contributed by atoms with E-state index in [0.29, 0.717) is 18.7 Å². The van der Waals surface area contributed by atoms with Gasteiger partial charge in [-0.05, 0) is 56.5 Å². The average Bonchev–Trinajstić information content (AvgIpc) is 2.74. The zero-order chi connectivity index (χ0) is 23.9. The van der Waals surface area contributed by atoms with Crippen molar-refractivity contribution in [3.8, 4) is 0 Å². The topological polar surface area (TPSA) is 86.8 Å². The van der Waals surface area contributed by atoms with Crippen molar-refractivity contribution in [2.45, 2.75) is 33.2 Å². The number of carbonyl (C=O) groups is 2. The van der Waals surface area contributed by atoms with Crippen LogP contribution in [0.4, 0.5) is 5.69 Å². The largest absolute Gasteiger partial charge is 0.355 e. The number of benzene rings is 2. The van der Waals surface area contributed by atoms with E-state index in [-0.39, 0.29) is 12.5 Å². The highest BCUT2D eigenvalue weighted by Crippen LogP contribution is 2.25. The molecule has 2 aromatic rings. The summed E-state index contributed by atoms with van der Waals surface area (Å²) in [6.45, 7) is 5.65. The molecule has 0 unspecified atom stereocenters. The first-order valence-electron chi connectivity index (χ1n) is 10.4. The Morgan fingerprint density at radius 3 is 2.34 bits per heavy atom. The number of nitrogens with zero attached hydrogens (tertiary/aromatic N) is 2. The van der Waals surface area contributed by atoms with Crippen LogP contribution in [0.3, 0.4) is 0 Å². The number of aryl methyl sites for hydroxylation is 1. The second-order valence-corrected chi connectivity index (χ2v) is 10.4. The normalized spacial score (nSPS) is 12.2. The first-order chi connectivity index (χ1) is 15.0. The molecule has 0 aliphatic heterocycles. The van der Waals surface area contributed by atoms with E-state index < -0.39 is 28.5 Å². The van der Waals surface area contributed by atoms with Gasteiger partial charge in [0.15, 0.2) is 0 Å². The maximum absolute atomic E-state index is 13.3. The molecule has 0 heterocycles. The van der Waals surface area contributed by atoms with Gasteiger partial charge >= 0.3 is 0 Å². The zero-order valence-corrected chi connectivity index (χ0v) is 21.2. The fraction of sp³-hybridized carbons (Fsp3) is 0.391. The van der Waals surface area contributed by atoms with Crippen LogP contribution in [0.2, 0.25) is 0 Å². The predicted molar refractivity (Wildman–Crippen MR) is 131 cm³/mol. The van der Waals surface area contributed by atoms with Gasteiger partial charge in [-0.2, -0.15) is 0 Å². The van der Waals surface area contributed by atoms with E-state index in [2.05, 4.69) is 21.2 Å². The Kier molecular flexibility index (Phi) is 9.27. The highest BCUT2D eigenvalue weighted by Gasteiger charge is 2.29. The molecule has 2 aromatic carbocycles. The standard InChI is InChI=1S/C23H30BrN3O4S/c1-5-25-23(29)18(3)26(14-13-19-9-7-6-8-10-19)22(28)16-27(32(4,30)31)20-11-12-21(24)17(2)15-20/h6-12,15,18H,5,13-14,16H2,1-4H3,(H,25,29)/t18-/m0/s1. The molecule has 1 N–H and O–H groups in total. The van der Waals surface area contributed by atoms with Gasteiger partial charge < -0.3 is 10.2 Å². The minimum absolute atomic E-state index is 0.278. The maximum Gasteiger partial charge on any atom is 0.244 e. The molecule has 1 atom stereocenters. The van der Waals surface area contributed by atoms with Gasteiger partial charge in [0, 0.05) is 17.6 Å². The Labute approximate surface area is 199 Å². The Hall–Kier alpha value is -2.39. The molecule has 0 bridgehead atoms. The average molecular weight is 524 g/mol. The number of hydrogen-bond acceptors (Lipinski definition) is 4. The molecule has 0 fully saturated rings. The van der Waals surface area contributed by atoms with Crippen LogP contribution >= 0.6 is 15.9 Å². The summed E-state index contributed by atoms with van der Waals surface area (Å²) in [5.74, 6) is -0.718. The lowest BCUT2D eigenvalue weighted by Crippen LogP contribution is -2.52. The van der Waals surface area contributed by atoms with E-state index in [1.165, 1.54) is 4.90 Å². The van der Waals surface area contributed by atoms with Crippen molar-refractivity contribution in [1.29, 1.82) is 0 Å². The molecule has 0 aromatic heterocycles. The van der Waals surface area contributed by atoms with Crippen LogP contribution in [-0.2, 0) is 26.0 Å². The van der Waals surface area contributed by atoms with Crippen molar-refractivity contribution >= 4 is 43.5 Å². The van der Waals surface area contributed by atoms with Crippen molar-refractivity contribution in [3.63, 3.8) is 0 Å². The van der Waals surface area contributed by atoms with Crippen LogP contribution in [0.5, 0.6) is 0 Å². The Balaban J connectivity index is 2.31. The molecular weight excluding hydrogens is 494 g/mol. The van der Waals surface area contributed by atoms with E-state index in [0.717, 1.165) is 26.2 Å². The SMILES string of the molecule is CCNC(=O)[C@H](C)N(CCc1ccccc1)C(=O)CN(c1ccc(Br)c(C)c1)S(C)(=O)=O. The minimum Gasteiger partial charge on any atom is -0.355 e. The van der Waals surface area contributed by atoms with Crippen molar-refractivity contribution in [2.75, 3.05) is 30.2 Å². The summed E-state index contributed by atoms with van der Waals surface area (Å²) in [6.07, 6.45) is 1.62. The third kappa shape index (κ3) is 7.06. The lowest BCUT2D eigenvalue weighted by Gasteiger charge is -2.31. The number of carbonyl (C=O) groups excluding carboxylic acids is 2. The van der Waals surface area contributed by atoms with Gasteiger partial charge in [0.25, 0.3) is 0 Å². The van der Waals surface area contributed by atoms with Gasteiger partial charge in [0.2, 0.25) is 21.8 Å². The molecule has 0 aliphatic rings. The summed E-state index contributed by atoms with van der Waals surface area (Å²) in [5, 5.41) is 2.74. The number of sulfonamides is 1. The maximum atomic E-state index is 13.3. The second-order valence-electron chi connectivity index (χ2n) is 7.60. The first kappa shape index (κ1) is 25.9. The van der Waals surface area contributed by atoms with Gasteiger partial charge in [-0.25, -0.2) is 8.42 Å². The third-order valence-corrected chi connectivity index (χ3v) is 7.14. The van der Waals surface area contributed by atoms with E-state index in [1.54, 1.807) is 25.1 Å². The summed E-state index contributed by atoms with van der Waals surface area (Å²) >= 11 is 3.41. The van der Waals surface area contributed by atoms with Gasteiger partial charge in [0.1, 0.15) is 12.6 Å². The van der Waals surface area contributed by atoms with Crippen LogP contribution in [0, 0.1) is 6.92 Å². The molecule has 0 saturated heterocycles. The number of hydrogen-bond donors (Lipinski definition) is 1. The lowest BCUT2D eigenvalue weighted by atomic mass is 10.1. The molecule has 9 heteroatoms. The van der Waals surface area contributed by atoms with Crippen LogP contribution in [-0.4, -0.2) is 57.1 Å². The first-order valence-corrected chi connectivity index (χ1v) is 13.0. The molecule has 32 heavy (non-hydrogen) atoms. The number of amides is 2. The number of anilines is 1. The molecule has 2 rings (SSSR count). The van der Waals surface area contributed by atoms with Gasteiger partial charge in [0.05, 0.1) is 11.9 Å². The van der Waals surface area contributed by atoms with Crippen LogP contribution in [0.25, 0.3) is 0 Å². The molecule has 0 spiro atoms. The number of nitrogens with one attached hydrogen (secondary N) is 1. The van der Waals surface area contributed by atoms with Gasteiger partial charge in [-0.1, -0.05) is 46.3 Å². The van der Waals surface area contributed by atoms with E-state index in [4.69, 9.17) is 0 Å². The van der Waals surface area contributed by atoms with E-state index in [1.807, 2.05) is 44.2 Å². The van der Waals surface area contributed by atoms with E-state index in [9.17, 15) is 18.0 Å². The van der Waals surface area contributed by atoms with E-state index >= 15 is 0 Å². The smallest absolute Gasteiger partial charge is 0.244 e. The van der Waals surface area contributed by atoms with Crippen molar-refractivity contribution in [2.24, 2.45) is 0 Å².